The standard InChI is InChI=1S/C10H15NS.C2H6/c1-7(2)10-11-8-5-3-4-6-9(8)12-10;1-2/h7H,3-6H2,1-2H3;1-2H3. The summed E-state index contributed by atoms with van der Waals surface area (Å²) in [4.78, 5) is 6.23. The Hall–Kier alpha value is -0.370. The minimum Gasteiger partial charge on any atom is -0.246 e. The maximum absolute atomic E-state index is 4.67. The van der Waals surface area contributed by atoms with E-state index in [4.69, 9.17) is 0 Å². The third kappa shape index (κ3) is 2.57. The van der Waals surface area contributed by atoms with Gasteiger partial charge >= 0.3 is 0 Å². The first-order valence-electron chi connectivity index (χ1n) is 5.76. The molecule has 1 aliphatic rings. The van der Waals surface area contributed by atoms with Gasteiger partial charge in [-0.05, 0) is 25.7 Å². The maximum atomic E-state index is 4.67. The number of thiazole rings is 1. The van der Waals surface area contributed by atoms with Crippen molar-refractivity contribution in [2.45, 2.75) is 59.3 Å². The number of hydrogen-bond donors (Lipinski definition) is 0. The summed E-state index contributed by atoms with van der Waals surface area (Å²) >= 11 is 1.93. The summed E-state index contributed by atoms with van der Waals surface area (Å²) in [6, 6.07) is 0. The van der Waals surface area contributed by atoms with Crippen LogP contribution in [0.15, 0.2) is 0 Å². The Morgan fingerprint density at radius 1 is 1.14 bits per heavy atom. The molecule has 0 spiro atoms. The molecular formula is C12H21NS. The summed E-state index contributed by atoms with van der Waals surface area (Å²) in [5.74, 6) is 0.612. The lowest BCUT2D eigenvalue weighted by Gasteiger charge is -2.06. The van der Waals surface area contributed by atoms with Gasteiger partial charge in [0.25, 0.3) is 0 Å². The van der Waals surface area contributed by atoms with Crippen LogP contribution in [0.3, 0.4) is 0 Å². The second-order valence-electron chi connectivity index (χ2n) is 3.78. The molecule has 0 aliphatic heterocycles. The van der Waals surface area contributed by atoms with Crippen LogP contribution in [0.2, 0.25) is 0 Å². The molecule has 0 atom stereocenters. The zero-order chi connectivity index (χ0) is 10.6. The molecule has 0 saturated heterocycles. The Kier molecular flexibility index (Phi) is 4.59. The molecule has 1 nitrogen and oxygen atoms in total. The highest BCUT2D eigenvalue weighted by molar-refractivity contribution is 7.11. The van der Waals surface area contributed by atoms with E-state index in [0.29, 0.717) is 5.92 Å². The van der Waals surface area contributed by atoms with E-state index in [-0.39, 0.29) is 0 Å². The Morgan fingerprint density at radius 3 is 2.36 bits per heavy atom. The van der Waals surface area contributed by atoms with E-state index in [1.165, 1.54) is 36.4 Å². The summed E-state index contributed by atoms with van der Waals surface area (Å²) in [6.45, 7) is 8.45. The zero-order valence-corrected chi connectivity index (χ0v) is 10.6. The van der Waals surface area contributed by atoms with Gasteiger partial charge in [0.05, 0.1) is 10.7 Å². The Bertz CT molecular complexity index is 252. The third-order valence-corrected chi connectivity index (χ3v) is 3.81. The lowest BCUT2D eigenvalue weighted by atomic mass is 10.0. The van der Waals surface area contributed by atoms with Crippen LogP contribution >= 0.6 is 11.3 Å². The van der Waals surface area contributed by atoms with Crippen molar-refractivity contribution in [3.05, 3.63) is 15.6 Å². The normalized spacial score (nSPS) is 14.6. The SMILES string of the molecule is CC.CC(C)c1nc2c(s1)CCCC2. The van der Waals surface area contributed by atoms with Crippen molar-refractivity contribution in [1.82, 2.24) is 4.98 Å². The van der Waals surface area contributed by atoms with Crippen molar-refractivity contribution in [2.24, 2.45) is 0 Å². The first-order valence-corrected chi connectivity index (χ1v) is 6.57. The number of rotatable bonds is 1. The minimum atomic E-state index is 0.612. The first kappa shape index (κ1) is 11.7. The molecule has 0 radical (unpaired) electrons. The molecule has 0 fully saturated rings. The summed E-state index contributed by atoms with van der Waals surface area (Å²) in [5.41, 5.74) is 1.40. The highest BCUT2D eigenvalue weighted by atomic mass is 32.1. The molecule has 2 heteroatoms. The molecular weight excluding hydrogens is 190 g/mol. The van der Waals surface area contributed by atoms with Crippen LogP contribution in [0.5, 0.6) is 0 Å². The number of fused-ring (bicyclic) bond motifs is 1. The summed E-state index contributed by atoms with van der Waals surface area (Å²) < 4.78 is 0. The van der Waals surface area contributed by atoms with Gasteiger partial charge in [0.15, 0.2) is 0 Å². The lowest BCUT2D eigenvalue weighted by Crippen LogP contribution is -1.99. The molecule has 1 aromatic heterocycles. The molecule has 14 heavy (non-hydrogen) atoms. The fourth-order valence-corrected chi connectivity index (χ4v) is 2.77. The van der Waals surface area contributed by atoms with Crippen LogP contribution < -0.4 is 0 Å². The summed E-state index contributed by atoms with van der Waals surface area (Å²) in [6.07, 6.45) is 5.21. The second kappa shape index (κ2) is 5.50. The van der Waals surface area contributed by atoms with Gasteiger partial charge in [-0.2, -0.15) is 0 Å². The Balaban J connectivity index is 0.000000461. The maximum Gasteiger partial charge on any atom is 0.0956 e. The monoisotopic (exact) mass is 211 g/mol. The van der Waals surface area contributed by atoms with E-state index in [1.807, 2.05) is 25.2 Å². The average Bonchev–Trinajstić information content (AvgIpc) is 2.64. The Labute approximate surface area is 91.6 Å². The Morgan fingerprint density at radius 2 is 1.79 bits per heavy atom. The van der Waals surface area contributed by atoms with Crippen molar-refractivity contribution < 1.29 is 0 Å². The molecule has 1 aromatic rings. The second-order valence-corrected chi connectivity index (χ2v) is 4.90. The van der Waals surface area contributed by atoms with E-state index in [1.54, 1.807) is 4.88 Å². The van der Waals surface area contributed by atoms with Crippen LogP contribution in [-0.4, -0.2) is 4.98 Å². The fraction of sp³-hybridized carbons (Fsp3) is 0.750. The molecule has 1 aliphatic carbocycles. The first-order chi connectivity index (χ1) is 6.77. The molecule has 1 heterocycles. The molecule has 2 rings (SSSR count). The van der Waals surface area contributed by atoms with Gasteiger partial charge in [-0.1, -0.05) is 27.7 Å². The lowest BCUT2D eigenvalue weighted by molar-refractivity contribution is 0.678. The smallest absolute Gasteiger partial charge is 0.0956 e. The molecule has 80 valence electrons. The van der Waals surface area contributed by atoms with Gasteiger partial charge in [0.2, 0.25) is 0 Å². The number of nitrogens with zero attached hydrogens (tertiary/aromatic N) is 1. The van der Waals surface area contributed by atoms with Gasteiger partial charge in [-0.25, -0.2) is 4.98 Å². The number of hydrogen-bond acceptors (Lipinski definition) is 2. The van der Waals surface area contributed by atoms with E-state index >= 15 is 0 Å². The van der Waals surface area contributed by atoms with Crippen LogP contribution in [-0.2, 0) is 12.8 Å². The molecule has 0 N–H and O–H groups in total. The molecule has 0 bridgehead atoms. The van der Waals surface area contributed by atoms with Gasteiger partial charge < -0.3 is 0 Å². The summed E-state index contributed by atoms with van der Waals surface area (Å²) in [5, 5.41) is 1.34. The molecule has 0 unspecified atom stereocenters. The predicted octanol–water partition coefficient (Wildman–Crippen LogP) is 4.17. The van der Waals surface area contributed by atoms with E-state index in [0.717, 1.165) is 0 Å². The third-order valence-electron chi connectivity index (χ3n) is 2.36. The van der Waals surface area contributed by atoms with Crippen molar-refractivity contribution in [3.8, 4) is 0 Å². The molecule has 0 saturated carbocycles. The van der Waals surface area contributed by atoms with Gasteiger partial charge in [0, 0.05) is 10.8 Å². The number of aromatic nitrogens is 1. The van der Waals surface area contributed by atoms with Crippen LogP contribution in [0.1, 0.15) is 62.0 Å². The fourth-order valence-electron chi connectivity index (χ4n) is 1.62. The van der Waals surface area contributed by atoms with Crippen LogP contribution in [0.25, 0.3) is 0 Å². The van der Waals surface area contributed by atoms with Crippen molar-refractivity contribution in [1.29, 1.82) is 0 Å². The van der Waals surface area contributed by atoms with Crippen LogP contribution in [0, 0.1) is 0 Å². The average molecular weight is 211 g/mol. The largest absolute Gasteiger partial charge is 0.246 e. The van der Waals surface area contributed by atoms with Gasteiger partial charge in [-0.15, -0.1) is 11.3 Å². The summed E-state index contributed by atoms with van der Waals surface area (Å²) in [7, 11) is 0. The van der Waals surface area contributed by atoms with Gasteiger partial charge in [-0.3, -0.25) is 0 Å². The van der Waals surface area contributed by atoms with Crippen molar-refractivity contribution in [2.75, 3.05) is 0 Å². The van der Waals surface area contributed by atoms with Gasteiger partial charge in [0.1, 0.15) is 0 Å². The highest BCUT2D eigenvalue weighted by Crippen LogP contribution is 2.29. The highest BCUT2D eigenvalue weighted by Gasteiger charge is 2.15. The topological polar surface area (TPSA) is 12.9 Å². The van der Waals surface area contributed by atoms with E-state index in [9.17, 15) is 0 Å². The predicted molar refractivity (Wildman–Crippen MR) is 64.2 cm³/mol. The zero-order valence-electron chi connectivity index (χ0n) is 9.76. The van der Waals surface area contributed by atoms with Crippen molar-refractivity contribution >= 4 is 11.3 Å². The van der Waals surface area contributed by atoms with E-state index < -0.39 is 0 Å². The minimum absolute atomic E-state index is 0.612. The van der Waals surface area contributed by atoms with E-state index in [2.05, 4.69) is 18.8 Å². The molecule has 0 aromatic carbocycles. The number of aryl methyl sites for hydroxylation is 2. The quantitative estimate of drug-likeness (QED) is 0.679. The van der Waals surface area contributed by atoms with Crippen molar-refractivity contribution in [3.63, 3.8) is 0 Å². The van der Waals surface area contributed by atoms with Crippen LogP contribution in [0.4, 0.5) is 0 Å². The molecule has 0 amide bonds.